The van der Waals surface area contributed by atoms with Crippen LogP contribution in [0.5, 0.6) is 17.2 Å². The third kappa shape index (κ3) is 4.59. The third-order valence-electron chi connectivity index (χ3n) is 6.35. The first-order chi connectivity index (χ1) is 16.6. The SMILES string of the molecule is CNC1CCc2cc(OC)c(OC)c(OC)c2-c2ccc(NCCCn3ccnc3)c(=O)cc21. The van der Waals surface area contributed by atoms with E-state index in [0.29, 0.717) is 29.5 Å². The Bertz CT molecular complexity index is 1190. The van der Waals surface area contributed by atoms with Crippen LogP contribution in [0.3, 0.4) is 0 Å². The fraction of sp³-hybridized carbons (Fsp3) is 0.385. The molecule has 0 fully saturated rings. The molecule has 0 radical (unpaired) electrons. The zero-order valence-electron chi connectivity index (χ0n) is 20.2. The molecule has 4 rings (SSSR count). The number of benzene rings is 1. The van der Waals surface area contributed by atoms with Crippen LogP contribution in [0, 0.1) is 0 Å². The quantitative estimate of drug-likeness (QED) is 0.468. The summed E-state index contributed by atoms with van der Waals surface area (Å²) in [6.07, 6.45) is 8.02. The second kappa shape index (κ2) is 10.6. The van der Waals surface area contributed by atoms with E-state index < -0.39 is 0 Å². The van der Waals surface area contributed by atoms with E-state index in [1.54, 1.807) is 39.9 Å². The molecule has 1 aromatic heterocycles. The Morgan fingerprint density at radius 3 is 2.62 bits per heavy atom. The molecular weight excluding hydrogens is 432 g/mol. The highest BCUT2D eigenvalue weighted by atomic mass is 16.5. The van der Waals surface area contributed by atoms with Gasteiger partial charge in [0.15, 0.2) is 11.5 Å². The molecule has 0 amide bonds. The highest BCUT2D eigenvalue weighted by Crippen LogP contribution is 2.50. The van der Waals surface area contributed by atoms with E-state index in [1.807, 2.05) is 36.0 Å². The van der Waals surface area contributed by atoms with Gasteiger partial charge in [-0.25, -0.2) is 4.98 Å². The van der Waals surface area contributed by atoms with Gasteiger partial charge in [-0.1, -0.05) is 6.07 Å². The smallest absolute Gasteiger partial charge is 0.203 e. The lowest BCUT2D eigenvalue weighted by molar-refractivity contribution is 0.324. The van der Waals surface area contributed by atoms with Crippen molar-refractivity contribution in [3.63, 3.8) is 0 Å². The molecule has 2 N–H and O–H groups in total. The standard InChI is InChI=1S/C26H32N4O4/c1-27-20-8-6-17-14-23(32-2)25(33-3)26(34-4)24(17)18-7-9-21(22(31)15-19(18)20)29-10-5-12-30-13-11-28-16-30/h7,9,11,13-16,20,27H,5-6,8,10,12H2,1-4H3,(H,29,31). The molecule has 2 aromatic carbocycles. The van der Waals surface area contributed by atoms with Gasteiger partial charge >= 0.3 is 0 Å². The molecule has 1 unspecified atom stereocenters. The average Bonchev–Trinajstić information content (AvgIpc) is 3.26. The molecule has 0 saturated carbocycles. The van der Waals surface area contributed by atoms with Crippen molar-refractivity contribution >= 4 is 5.69 Å². The number of methoxy groups -OCH3 is 3. The Morgan fingerprint density at radius 1 is 1.12 bits per heavy atom. The largest absolute Gasteiger partial charge is 0.493 e. The number of hydrogen-bond donors (Lipinski definition) is 2. The first kappa shape index (κ1) is 23.6. The molecule has 0 bridgehead atoms. The van der Waals surface area contributed by atoms with Crippen LogP contribution in [0.2, 0.25) is 0 Å². The van der Waals surface area contributed by atoms with Crippen molar-refractivity contribution in [2.45, 2.75) is 31.8 Å². The molecule has 0 spiro atoms. The zero-order valence-corrected chi connectivity index (χ0v) is 20.2. The number of nitrogens with one attached hydrogen (secondary N) is 2. The van der Waals surface area contributed by atoms with Gasteiger partial charge in [0.2, 0.25) is 11.2 Å². The van der Waals surface area contributed by atoms with Crippen molar-refractivity contribution in [2.24, 2.45) is 0 Å². The minimum Gasteiger partial charge on any atom is -0.493 e. The molecule has 0 aliphatic heterocycles. The van der Waals surface area contributed by atoms with Crippen LogP contribution in [0.25, 0.3) is 11.1 Å². The van der Waals surface area contributed by atoms with Gasteiger partial charge in [-0.2, -0.15) is 0 Å². The minimum absolute atomic E-state index is 0.0262. The molecule has 1 aliphatic rings. The second-order valence-corrected chi connectivity index (χ2v) is 8.26. The van der Waals surface area contributed by atoms with Gasteiger partial charge in [0.1, 0.15) is 0 Å². The monoisotopic (exact) mass is 464 g/mol. The zero-order chi connectivity index (χ0) is 24.1. The van der Waals surface area contributed by atoms with Gasteiger partial charge in [-0.05, 0) is 61.2 Å². The van der Waals surface area contributed by atoms with E-state index in [4.69, 9.17) is 14.2 Å². The molecule has 180 valence electrons. The van der Waals surface area contributed by atoms with Gasteiger partial charge in [-0.3, -0.25) is 4.79 Å². The maximum absolute atomic E-state index is 13.2. The summed E-state index contributed by atoms with van der Waals surface area (Å²) in [7, 11) is 6.79. The van der Waals surface area contributed by atoms with E-state index in [1.165, 1.54) is 0 Å². The molecule has 1 atom stereocenters. The van der Waals surface area contributed by atoms with Crippen LogP contribution in [0.4, 0.5) is 5.69 Å². The predicted molar refractivity (Wildman–Crippen MR) is 133 cm³/mol. The number of anilines is 1. The van der Waals surface area contributed by atoms with Gasteiger partial charge in [0, 0.05) is 37.1 Å². The molecule has 8 heteroatoms. The number of nitrogens with zero attached hydrogens (tertiary/aromatic N) is 2. The normalized spacial score (nSPS) is 14.5. The highest BCUT2D eigenvalue weighted by molar-refractivity contribution is 5.83. The lowest BCUT2D eigenvalue weighted by atomic mass is 9.95. The van der Waals surface area contributed by atoms with Gasteiger partial charge < -0.3 is 29.4 Å². The van der Waals surface area contributed by atoms with Crippen molar-refractivity contribution < 1.29 is 14.2 Å². The molecule has 34 heavy (non-hydrogen) atoms. The van der Waals surface area contributed by atoms with Crippen molar-refractivity contribution in [1.29, 1.82) is 0 Å². The van der Waals surface area contributed by atoms with E-state index in [0.717, 1.165) is 48.1 Å². The summed E-state index contributed by atoms with van der Waals surface area (Å²) in [4.78, 5) is 17.3. The van der Waals surface area contributed by atoms with Crippen molar-refractivity contribution in [2.75, 3.05) is 40.2 Å². The van der Waals surface area contributed by atoms with Crippen molar-refractivity contribution in [3.8, 4) is 28.4 Å². The summed E-state index contributed by atoms with van der Waals surface area (Å²) in [6, 6.07) is 7.67. The molecule has 0 saturated heterocycles. The van der Waals surface area contributed by atoms with Crippen LogP contribution < -0.4 is 30.3 Å². The summed E-state index contributed by atoms with van der Waals surface area (Å²) < 4.78 is 19.1. The summed E-state index contributed by atoms with van der Waals surface area (Å²) in [5, 5.41) is 6.70. The van der Waals surface area contributed by atoms with Crippen molar-refractivity contribution in [1.82, 2.24) is 14.9 Å². The predicted octanol–water partition coefficient (Wildman–Crippen LogP) is 3.65. The minimum atomic E-state index is -0.0352. The van der Waals surface area contributed by atoms with E-state index >= 15 is 0 Å². The van der Waals surface area contributed by atoms with Crippen LogP contribution in [-0.2, 0) is 13.0 Å². The van der Waals surface area contributed by atoms with Gasteiger partial charge in [0.25, 0.3) is 0 Å². The molecule has 3 aromatic rings. The molecule has 1 heterocycles. The number of imidazole rings is 1. The second-order valence-electron chi connectivity index (χ2n) is 8.26. The summed E-state index contributed by atoms with van der Waals surface area (Å²) >= 11 is 0. The lowest BCUT2D eigenvalue weighted by Gasteiger charge is -2.19. The fourth-order valence-corrected chi connectivity index (χ4v) is 4.66. The maximum atomic E-state index is 13.2. The third-order valence-corrected chi connectivity index (χ3v) is 6.35. The summed E-state index contributed by atoms with van der Waals surface area (Å²) in [6.45, 7) is 1.52. The van der Waals surface area contributed by atoms with E-state index in [2.05, 4.69) is 15.6 Å². The fourth-order valence-electron chi connectivity index (χ4n) is 4.66. The highest BCUT2D eigenvalue weighted by Gasteiger charge is 2.28. The number of ether oxygens (including phenoxy) is 3. The number of aromatic nitrogens is 2. The van der Waals surface area contributed by atoms with E-state index in [-0.39, 0.29) is 11.5 Å². The first-order valence-electron chi connectivity index (χ1n) is 11.5. The van der Waals surface area contributed by atoms with Crippen LogP contribution in [0.1, 0.15) is 30.0 Å². The average molecular weight is 465 g/mol. The van der Waals surface area contributed by atoms with Crippen LogP contribution >= 0.6 is 0 Å². The Kier molecular flexibility index (Phi) is 7.37. The maximum Gasteiger partial charge on any atom is 0.203 e. The van der Waals surface area contributed by atoms with Gasteiger partial charge in [-0.15, -0.1) is 0 Å². The molecule has 8 nitrogen and oxygen atoms in total. The summed E-state index contributed by atoms with van der Waals surface area (Å²) in [5.41, 5.74) is 4.48. The van der Waals surface area contributed by atoms with Crippen molar-refractivity contribution in [3.05, 3.63) is 64.3 Å². The Labute approximate surface area is 199 Å². The Morgan fingerprint density at radius 2 is 1.94 bits per heavy atom. The first-order valence-corrected chi connectivity index (χ1v) is 11.5. The number of fused-ring (bicyclic) bond motifs is 3. The number of hydrogen-bond acceptors (Lipinski definition) is 7. The lowest BCUT2D eigenvalue weighted by Crippen LogP contribution is -2.18. The van der Waals surface area contributed by atoms with E-state index in [9.17, 15) is 4.79 Å². The number of rotatable bonds is 9. The molecular formula is C26H32N4O4. The van der Waals surface area contributed by atoms with Crippen LogP contribution in [-0.4, -0.2) is 44.5 Å². The topological polar surface area (TPSA) is 86.6 Å². The van der Waals surface area contributed by atoms with Crippen LogP contribution in [0.15, 0.2) is 47.8 Å². The number of aryl methyl sites for hydroxylation is 2. The molecule has 1 aliphatic carbocycles. The van der Waals surface area contributed by atoms with Gasteiger partial charge in [0.05, 0.1) is 33.3 Å². The Hall–Kier alpha value is -3.52. The summed E-state index contributed by atoms with van der Waals surface area (Å²) in [5.74, 6) is 1.79. The Balaban J connectivity index is 1.76.